The lowest BCUT2D eigenvalue weighted by Gasteiger charge is -2.34. The summed E-state index contributed by atoms with van der Waals surface area (Å²) in [6.07, 6.45) is 2.21. The summed E-state index contributed by atoms with van der Waals surface area (Å²) in [5.74, 6) is -0.143. The molecule has 0 radical (unpaired) electrons. The number of carbonyl (C=O) groups is 1. The summed E-state index contributed by atoms with van der Waals surface area (Å²) < 4.78 is 13.3. The highest BCUT2D eigenvalue weighted by Gasteiger charge is 2.30. The Morgan fingerprint density at radius 3 is 2.50 bits per heavy atom. The van der Waals surface area contributed by atoms with E-state index in [2.05, 4.69) is 13.8 Å². The minimum atomic E-state index is -0.665. The van der Waals surface area contributed by atoms with E-state index in [0.717, 1.165) is 5.56 Å². The van der Waals surface area contributed by atoms with Crippen LogP contribution in [0.25, 0.3) is 11.4 Å². The van der Waals surface area contributed by atoms with E-state index in [1.807, 2.05) is 4.57 Å². The number of methoxy groups -OCH3 is 2. The molecule has 0 amide bonds. The van der Waals surface area contributed by atoms with Gasteiger partial charge >= 0.3 is 5.97 Å². The summed E-state index contributed by atoms with van der Waals surface area (Å²) in [4.78, 5) is 36.9. The van der Waals surface area contributed by atoms with E-state index < -0.39 is 11.4 Å². The normalized spacial score (nSPS) is 15.4. The number of carbonyl (C=O) groups excluding carboxylic acids is 1. The van der Waals surface area contributed by atoms with Crippen LogP contribution in [0.15, 0.2) is 27.9 Å². The summed E-state index contributed by atoms with van der Waals surface area (Å²) in [6.45, 7) is 4.16. The van der Waals surface area contributed by atoms with Gasteiger partial charge in [0, 0.05) is 25.4 Å². The third-order valence-electron chi connectivity index (χ3n) is 4.96. The van der Waals surface area contributed by atoms with E-state index in [-0.39, 0.29) is 28.8 Å². The first-order valence-corrected chi connectivity index (χ1v) is 8.41. The van der Waals surface area contributed by atoms with Crippen molar-refractivity contribution < 1.29 is 14.3 Å². The number of pyridine rings is 2. The molecular weight excluding hydrogens is 336 g/mol. The number of rotatable bonds is 3. The molecule has 0 saturated carbocycles. The van der Waals surface area contributed by atoms with Crippen LogP contribution in [0.1, 0.15) is 35.8 Å². The monoisotopic (exact) mass is 358 g/mol. The molecule has 0 aromatic carbocycles. The van der Waals surface area contributed by atoms with Gasteiger partial charge < -0.3 is 18.6 Å². The average molecular weight is 358 g/mol. The number of fused-ring (bicyclic) bond motifs is 3. The Labute approximate surface area is 150 Å². The fourth-order valence-corrected chi connectivity index (χ4v) is 3.57. The summed E-state index contributed by atoms with van der Waals surface area (Å²) in [7, 11) is 4.37. The Bertz CT molecular complexity index is 1000. The highest BCUT2D eigenvalue weighted by molar-refractivity contribution is 5.89. The Morgan fingerprint density at radius 1 is 1.23 bits per heavy atom. The molecule has 0 saturated heterocycles. The van der Waals surface area contributed by atoms with Crippen LogP contribution in [0.5, 0.6) is 5.75 Å². The van der Waals surface area contributed by atoms with Crippen molar-refractivity contribution in [2.45, 2.75) is 26.3 Å². The number of ether oxygens (including phenoxy) is 2. The third-order valence-corrected chi connectivity index (χ3v) is 4.96. The number of hydrogen-bond donors (Lipinski definition) is 0. The standard InChI is InChI=1S/C19H22N2O5/c1-10(2)13-6-11-7-16(25-4)18(23)20(3)17(11)14-8-15(22)12(9-21(13)14)19(24)26-5/h7-10,13H,6H2,1-5H3/t13-/m0/s1. The molecule has 1 atom stereocenters. The Balaban J connectivity index is 2.37. The van der Waals surface area contributed by atoms with Gasteiger partial charge in [-0.25, -0.2) is 4.79 Å². The van der Waals surface area contributed by atoms with E-state index >= 15 is 0 Å². The summed E-state index contributed by atoms with van der Waals surface area (Å²) >= 11 is 0. The van der Waals surface area contributed by atoms with Crippen molar-refractivity contribution in [1.29, 1.82) is 0 Å². The van der Waals surface area contributed by atoms with Crippen LogP contribution in [-0.4, -0.2) is 29.3 Å². The second-order valence-electron chi connectivity index (χ2n) is 6.80. The van der Waals surface area contributed by atoms with Crippen LogP contribution in [0.4, 0.5) is 0 Å². The quantitative estimate of drug-likeness (QED) is 0.781. The van der Waals surface area contributed by atoms with Crippen LogP contribution in [0.2, 0.25) is 0 Å². The summed E-state index contributed by atoms with van der Waals surface area (Å²) in [6, 6.07) is 3.18. The van der Waals surface area contributed by atoms with Gasteiger partial charge in [-0.15, -0.1) is 0 Å². The van der Waals surface area contributed by atoms with Gasteiger partial charge in [-0.3, -0.25) is 9.59 Å². The fourth-order valence-electron chi connectivity index (χ4n) is 3.57. The molecule has 2 aromatic heterocycles. The zero-order chi connectivity index (χ0) is 19.2. The summed E-state index contributed by atoms with van der Waals surface area (Å²) in [5, 5.41) is 0. The van der Waals surface area contributed by atoms with E-state index in [1.54, 1.807) is 19.3 Å². The number of aromatic nitrogens is 2. The lowest BCUT2D eigenvalue weighted by molar-refractivity contribution is 0.0598. The molecule has 1 aliphatic heterocycles. The van der Waals surface area contributed by atoms with Crippen molar-refractivity contribution in [2.75, 3.05) is 14.2 Å². The predicted molar refractivity (Wildman–Crippen MR) is 96.8 cm³/mol. The maximum atomic E-state index is 12.5. The second kappa shape index (κ2) is 6.48. The Morgan fingerprint density at radius 2 is 1.92 bits per heavy atom. The predicted octanol–water partition coefficient (Wildman–Crippen LogP) is 1.76. The SMILES string of the molecule is COC(=O)c1cn2c(cc1=O)-c1c(cc(OC)c(=O)n1C)C[C@H]2C(C)C. The van der Waals surface area contributed by atoms with Crippen LogP contribution >= 0.6 is 0 Å². The molecule has 0 aliphatic carbocycles. The van der Waals surface area contributed by atoms with Gasteiger partial charge in [0.05, 0.1) is 25.6 Å². The maximum absolute atomic E-state index is 12.5. The minimum Gasteiger partial charge on any atom is -0.491 e. The van der Waals surface area contributed by atoms with Crippen molar-refractivity contribution in [3.8, 4) is 17.1 Å². The first-order valence-electron chi connectivity index (χ1n) is 8.41. The van der Waals surface area contributed by atoms with Gasteiger partial charge in [-0.05, 0) is 24.0 Å². The molecule has 138 valence electrons. The molecule has 2 aromatic rings. The lowest BCUT2D eigenvalue weighted by atomic mass is 9.89. The smallest absolute Gasteiger partial charge is 0.343 e. The first-order chi connectivity index (χ1) is 12.3. The molecule has 7 heteroatoms. The molecular formula is C19H22N2O5. The molecule has 3 heterocycles. The molecule has 26 heavy (non-hydrogen) atoms. The largest absolute Gasteiger partial charge is 0.491 e. The van der Waals surface area contributed by atoms with Crippen molar-refractivity contribution in [3.05, 3.63) is 50.0 Å². The highest BCUT2D eigenvalue weighted by Crippen LogP contribution is 2.37. The second-order valence-corrected chi connectivity index (χ2v) is 6.80. The third kappa shape index (κ3) is 2.64. The van der Waals surface area contributed by atoms with E-state index in [9.17, 15) is 14.4 Å². The molecule has 1 aliphatic rings. The average Bonchev–Trinajstić information content (AvgIpc) is 2.62. The highest BCUT2D eigenvalue weighted by atomic mass is 16.5. The van der Waals surface area contributed by atoms with Gasteiger partial charge in [0.2, 0.25) is 0 Å². The molecule has 0 unspecified atom stereocenters. The fraction of sp³-hybridized carbons (Fsp3) is 0.421. The lowest BCUT2D eigenvalue weighted by Crippen LogP contribution is -2.32. The Kier molecular flexibility index (Phi) is 4.48. The molecule has 0 spiro atoms. The van der Waals surface area contributed by atoms with Gasteiger partial charge in [0.15, 0.2) is 11.2 Å². The summed E-state index contributed by atoms with van der Waals surface area (Å²) in [5.41, 5.74) is 1.51. The van der Waals surface area contributed by atoms with Crippen molar-refractivity contribution in [1.82, 2.24) is 9.13 Å². The number of hydrogen-bond acceptors (Lipinski definition) is 5. The molecule has 0 bridgehead atoms. The zero-order valence-corrected chi connectivity index (χ0v) is 15.5. The van der Waals surface area contributed by atoms with Crippen molar-refractivity contribution in [2.24, 2.45) is 13.0 Å². The van der Waals surface area contributed by atoms with Crippen LogP contribution in [0, 0.1) is 5.92 Å². The van der Waals surface area contributed by atoms with Crippen LogP contribution in [-0.2, 0) is 18.2 Å². The van der Waals surface area contributed by atoms with Gasteiger partial charge in [-0.2, -0.15) is 0 Å². The van der Waals surface area contributed by atoms with Gasteiger partial charge in [-0.1, -0.05) is 13.8 Å². The maximum Gasteiger partial charge on any atom is 0.343 e. The molecule has 0 fully saturated rings. The first kappa shape index (κ1) is 18.0. The van der Waals surface area contributed by atoms with Crippen LogP contribution in [0.3, 0.4) is 0 Å². The van der Waals surface area contributed by atoms with Gasteiger partial charge in [0.1, 0.15) is 5.56 Å². The van der Waals surface area contributed by atoms with E-state index in [0.29, 0.717) is 17.8 Å². The topological polar surface area (TPSA) is 79.5 Å². The van der Waals surface area contributed by atoms with Gasteiger partial charge in [0.25, 0.3) is 5.56 Å². The van der Waals surface area contributed by atoms with E-state index in [4.69, 9.17) is 9.47 Å². The zero-order valence-electron chi connectivity index (χ0n) is 15.5. The Hall–Kier alpha value is -2.83. The number of esters is 1. The van der Waals surface area contributed by atoms with Crippen LogP contribution < -0.4 is 15.7 Å². The van der Waals surface area contributed by atoms with Crippen molar-refractivity contribution >= 4 is 5.97 Å². The molecule has 0 N–H and O–H groups in total. The van der Waals surface area contributed by atoms with Crippen molar-refractivity contribution in [3.63, 3.8) is 0 Å². The van der Waals surface area contributed by atoms with E-state index in [1.165, 1.54) is 24.9 Å². The minimum absolute atomic E-state index is 0.0103. The molecule has 7 nitrogen and oxygen atoms in total. The molecule has 3 rings (SSSR count). The number of nitrogens with zero attached hydrogens (tertiary/aromatic N) is 2.